The van der Waals surface area contributed by atoms with Crippen LogP contribution in [0, 0.1) is 6.92 Å². The van der Waals surface area contributed by atoms with Crippen molar-refractivity contribution >= 4 is 17.3 Å². The number of aryl methyl sites for hydroxylation is 1. The van der Waals surface area contributed by atoms with E-state index < -0.39 is 17.0 Å². The van der Waals surface area contributed by atoms with Crippen LogP contribution in [0.1, 0.15) is 54.7 Å². The van der Waals surface area contributed by atoms with Crippen LogP contribution in [0.5, 0.6) is 5.75 Å². The average Bonchev–Trinajstić information content (AvgIpc) is 2.71. The lowest BCUT2D eigenvalue weighted by Crippen LogP contribution is -2.41. The number of carboxylic acids is 1. The molecule has 2 N–H and O–H groups in total. The van der Waals surface area contributed by atoms with E-state index in [0.717, 1.165) is 16.2 Å². The summed E-state index contributed by atoms with van der Waals surface area (Å²) in [6.07, 6.45) is 0. The van der Waals surface area contributed by atoms with Gasteiger partial charge in [-0.2, -0.15) is 10.2 Å². The number of aromatic carboxylic acids is 1. The van der Waals surface area contributed by atoms with E-state index in [-0.39, 0.29) is 11.3 Å². The second-order valence-electron chi connectivity index (χ2n) is 7.80. The summed E-state index contributed by atoms with van der Waals surface area (Å²) in [6, 6.07) is 8.15. The molecule has 7 nitrogen and oxygen atoms in total. The largest absolute Gasteiger partial charge is 0.507 e. The first-order valence-electron chi connectivity index (χ1n) is 8.57. The van der Waals surface area contributed by atoms with Crippen LogP contribution in [0.4, 0.5) is 11.4 Å². The third kappa shape index (κ3) is 2.98. The smallest absolute Gasteiger partial charge is 0.339 e. The van der Waals surface area contributed by atoms with Crippen LogP contribution in [0.2, 0.25) is 0 Å². The Balaban J connectivity index is 2.01. The zero-order chi connectivity index (χ0) is 20.1. The molecule has 1 radical (unpaired) electrons. The Morgan fingerprint density at radius 3 is 2.26 bits per heavy atom. The molecule has 0 fully saturated rings. The van der Waals surface area contributed by atoms with E-state index in [4.69, 9.17) is 5.11 Å². The Morgan fingerprint density at radius 1 is 1.00 bits per heavy atom. The molecule has 0 amide bonds. The topological polar surface area (TPSA) is 105 Å². The van der Waals surface area contributed by atoms with Crippen LogP contribution >= 0.6 is 0 Å². The van der Waals surface area contributed by atoms with E-state index in [1.807, 2.05) is 39.8 Å². The molecule has 2 aromatic carbocycles. The lowest BCUT2D eigenvalue weighted by Gasteiger charge is -2.32. The van der Waals surface area contributed by atoms with Gasteiger partial charge in [-0.05, 0) is 75.6 Å². The number of hydrogen-bond donors (Lipinski definition) is 2. The number of hydrogen-bond acceptors (Lipinski definition) is 5. The molecule has 2 aromatic rings. The molecular weight excluding hydrogens is 346 g/mol. The molecule has 1 aliphatic heterocycles. The highest BCUT2D eigenvalue weighted by molar-refractivity contribution is 5.92. The van der Waals surface area contributed by atoms with Crippen molar-refractivity contribution in [3.8, 4) is 5.75 Å². The molecule has 1 aliphatic rings. The minimum atomic E-state index is -1.24. The molecule has 141 valence electrons. The Hall–Kier alpha value is -2.77. The lowest BCUT2D eigenvalue weighted by molar-refractivity contribution is -0.266. The van der Waals surface area contributed by atoms with Crippen molar-refractivity contribution in [2.24, 2.45) is 10.2 Å². The van der Waals surface area contributed by atoms with Crippen molar-refractivity contribution in [3.63, 3.8) is 0 Å². The highest BCUT2D eigenvalue weighted by Gasteiger charge is 2.49. The molecule has 27 heavy (non-hydrogen) atoms. The second-order valence-corrected chi connectivity index (χ2v) is 7.80. The number of hydroxylamine groups is 2. The van der Waals surface area contributed by atoms with Gasteiger partial charge in [0.15, 0.2) is 0 Å². The fourth-order valence-electron chi connectivity index (χ4n) is 3.62. The highest BCUT2D eigenvalue weighted by Crippen LogP contribution is 2.49. The number of carbonyl (C=O) groups is 1. The summed E-state index contributed by atoms with van der Waals surface area (Å²) < 4.78 is 0. The van der Waals surface area contributed by atoms with E-state index in [2.05, 4.69) is 10.2 Å². The van der Waals surface area contributed by atoms with Crippen LogP contribution in [-0.4, -0.2) is 21.2 Å². The third-order valence-corrected chi connectivity index (χ3v) is 5.15. The number of nitrogens with zero attached hydrogens (tertiary/aromatic N) is 3. The molecule has 0 unspecified atom stereocenters. The maximum atomic E-state index is 12.7. The summed E-state index contributed by atoms with van der Waals surface area (Å²) in [5, 5.41) is 41.0. The van der Waals surface area contributed by atoms with Gasteiger partial charge < -0.3 is 10.2 Å². The van der Waals surface area contributed by atoms with E-state index in [0.29, 0.717) is 16.9 Å². The van der Waals surface area contributed by atoms with Crippen molar-refractivity contribution in [1.82, 2.24) is 5.06 Å². The van der Waals surface area contributed by atoms with E-state index in [9.17, 15) is 15.1 Å². The quantitative estimate of drug-likeness (QED) is 0.748. The Bertz CT molecular complexity index is 964. The van der Waals surface area contributed by atoms with Crippen LogP contribution in [0.3, 0.4) is 0 Å². The van der Waals surface area contributed by atoms with E-state index in [1.54, 1.807) is 13.0 Å². The summed E-state index contributed by atoms with van der Waals surface area (Å²) in [5.41, 5.74) is 1.84. The van der Waals surface area contributed by atoms with Crippen molar-refractivity contribution in [1.29, 1.82) is 0 Å². The number of carboxylic acid groups (broad SMARTS) is 1. The Morgan fingerprint density at radius 2 is 1.63 bits per heavy atom. The van der Waals surface area contributed by atoms with Gasteiger partial charge in [0.05, 0.1) is 22.5 Å². The van der Waals surface area contributed by atoms with Crippen LogP contribution in [0.25, 0.3) is 0 Å². The number of aromatic hydroxyl groups is 1. The first-order valence-corrected chi connectivity index (χ1v) is 8.57. The number of benzene rings is 2. The maximum absolute atomic E-state index is 12.7. The summed E-state index contributed by atoms with van der Waals surface area (Å²) in [7, 11) is 0. The highest BCUT2D eigenvalue weighted by atomic mass is 16.5. The molecular formula is C20H22N3O4. The second kappa shape index (κ2) is 6.14. The van der Waals surface area contributed by atoms with Crippen molar-refractivity contribution < 1.29 is 20.2 Å². The summed E-state index contributed by atoms with van der Waals surface area (Å²) >= 11 is 0. The fourth-order valence-corrected chi connectivity index (χ4v) is 3.62. The third-order valence-electron chi connectivity index (χ3n) is 5.15. The number of phenols is 1. The van der Waals surface area contributed by atoms with Crippen molar-refractivity contribution in [2.75, 3.05) is 0 Å². The molecule has 0 spiro atoms. The molecule has 0 bridgehead atoms. The fraction of sp³-hybridized carbons (Fsp3) is 0.350. The maximum Gasteiger partial charge on any atom is 0.339 e. The zero-order valence-electron chi connectivity index (χ0n) is 15.9. The predicted octanol–water partition coefficient (Wildman–Crippen LogP) is 4.95. The first-order chi connectivity index (χ1) is 12.5. The SMILES string of the molecule is Cc1cc(O)c(C(=O)O)cc1N=Nc1ccc2c(c1)C(C)(C)N([O])C2(C)C. The van der Waals surface area contributed by atoms with E-state index >= 15 is 0 Å². The standard InChI is InChI=1S/C20H22N3O4/c1-11-8-17(24)13(18(25)26)10-16(11)22-21-12-6-7-14-15(9-12)20(4,5)23(27)19(14,2)3/h6-10,24H,1-5H3,(H,25,26). The van der Waals surface area contributed by atoms with Crippen molar-refractivity contribution in [3.05, 3.63) is 52.6 Å². The Labute approximate surface area is 157 Å². The molecule has 0 aliphatic carbocycles. The van der Waals surface area contributed by atoms with Gasteiger partial charge in [0.2, 0.25) is 0 Å². The monoisotopic (exact) mass is 368 g/mol. The van der Waals surface area contributed by atoms with Gasteiger partial charge in [-0.1, -0.05) is 6.07 Å². The van der Waals surface area contributed by atoms with Gasteiger partial charge in [-0.3, -0.25) is 0 Å². The minimum absolute atomic E-state index is 0.228. The summed E-state index contributed by atoms with van der Waals surface area (Å²) in [5.74, 6) is -1.54. The Kier molecular flexibility index (Phi) is 4.32. The molecule has 0 saturated carbocycles. The van der Waals surface area contributed by atoms with Crippen LogP contribution in [-0.2, 0) is 16.3 Å². The molecule has 0 saturated heterocycles. The number of fused-ring (bicyclic) bond motifs is 1. The summed E-state index contributed by atoms with van der Waals surface area (Å²) in [6.45, 7) is 9.24. The van der Waals surface area contributed by atoms with Gasteiger partial charge in [0.1, 0.15) is 11.3 Å². The van der Waals surface area contributed by atoms with Crippen molar-refractivity contribution in [2.45, 2.75) is 45.7 Å². The van der Waals surface area contributed by atoms with Crippen LogP contribution in [0.15, 0.2) is 40.6 Å². The predicted molar refractivity (Wildman–Crippen MR) is 99.0 cm³/mol. The van der Waals surface area contributed by atoms with Gasteiger partial charge in [0, 0.05) is 0 Å². The van der Waals surface area contributed by atoms with Gasteiger partial charge >= 0.3 is 5.97 Å². The van der Waals surface area contributed by atoms with E-state index in [1.165, 1.54) is 12.1 Å². The number of rotatable bonds is 3. The molecule has 3 rings (SSSR count). The minimum Gasteiger partial charge on any atom is -0.507 e. The molecule has 0 atom stereocenters. The lowest BCUT2D eigenvalue weighted by atomic mass is 9.90. The molecule has 1 heterocycles. The van der Waals surface area contributed by atoms with Gasteiger partial charge in [0.25, 0.3) is 0 Å². The zero-order valence-corrected chi connectivity index (χ0v) is 15.9. The first kappa shape index (κ1) is 19.0. The average molecular weight is 368 g/mol. The number of azo groups is 1. The molecule has 7 heteroatoms. The van der Waals surface area contributed by atoms with Gasteiger partial charge in [-0.25, -0.2) is 4.79 Å². The van der Waals surface area contributed by atoms with Gasteiger partial charge in [-0.15, -0.1) is 10.3 Å². The van der Waals surface area contributed by atoms with Crippen LogP contribution < -0.4 is 0 Å². The molecule has 0 aromatic heterocycles. The normalized spacial score (nSPS) is 18.0. The summed E-state index contributed by atoms with van der Waals surface area (Å²) in [4.78, 5) is 11.2.